The Hall–Kier alpha value is -0.800. The van der Waals surface area contributed by atoms with Crippen molar-refractivity contribution in [3.05, 3.63) is 68.4 Å². The van der Waals surface area contributed by atoms with E-state index < -0.39 is 11.9 Å². The molecule has 94 valence electrons. The van der Waals surface area contributed by atoms with E-state index in [2.05, 4.69) is 0 Å². The van der Waals surface area contributed by atoms with Crippen molar-refractivity contribution in [2.24, 2.45) is 5.73 Å². The maximum absolute atomic E-state index is 13.4. The molecule has 2 N–H and O–H groups in total. The summed E-state index contributed by atoms with van der Waals surface area (Å²) in [5.74, 6) is -0.505. The van der Waals surface area contributed by atoms with Gasteiger partial charge in [-0.15, -0.1) is 0 Å². The molecule has 1 atom stereocenters. The van der Waals surface area contributed by atoms with Crippen molar-refractivity contribution in [1.29, 1.82) is 0 Å². The average molecular weight is 305 g/mol. The van der Waals surface area contributed by atoms with E-state index in [-0.39, 0.29) is 5.02 Å². The van der Waals surface area contributed by atoms with Crippen LogP contribution in [0.2, 0.25) is 15.1 Å². The number of rotatable bonds is 2. The van der Waals surface area contributed by atoms with E-state index in [4.69, 9.17) is 40.5 Å². The summed E-state index contributed by atoms with van der Waals surface area (Å²) in [6.07, 6.45) is 0. The first-order valence-corrected chi connectivity index (χ1v) is 6.28. The molecule has 1 unspecified atom stereocenters. The number of halogens is 4. The average Bonchev–Trinajstić information content (AvgIpc) is 2.32. The molecule has 0 aliphatic carbocycles. The Bertz CT molecular complexity index is 586. The van der Waals surface area contributed by atoms with Gasteiger partial charge in [0.15, 0.2) is 0 Å². The van der Waals surface area contributed by atoms with Gasteiger partial charge >= 0.3 is 0 Å². The van der Waals surface area contributed by atoms with Gasteiger partial charge in [0, 0.05) is 10.0 Å². The molecule has 1 nitrogen and oxygen atoms in total. The molecule has 0 saturated heterocycles. The second-order valence-electron chi connectivity index (χ2n) is 3.82. The summed E-state index contributed by atoms with van der Waals surface area (Å²) in [7, 11) is 0. The van der Waals surface area contributed by atoms with Gasteiger partial charge in [-0.3, -0.25) is 0 Å². The van der Waals surface area contributed by atoms with Crippen LogP contribution in [0.25, 0.3) is 0 Å². The molecule has 0 radical (unpaired) electrons. The molecule has 0 aliphatic heterocycles. The fraction of sp³-hybridized carbons (Fsp3) is 0.0769. The standard InChI is InChI=1S/C13H9Cl3FN/c14-8-2-3-9(11(16)6-8)13(18)7-1-4-10(15)12(17)5-7/h1-6,13H,18H2. The molecule has 18 heavy (non-hydrogen) atoms. The lowest BCUT2D eigenvalue weighted by Gasteiger charge is -2.14. The normalized spacial score (nSPS) is 12.5. The Balaban J connectivity index is 2.41. The Kier molecular flexibility index (Phi) is 4.13. The topological polar surface area (TPSA) is 26.0 Å². The zero-order valence-electron chi connectivity index (χ0n) is 9.13. The van der Waals surface area contributed by atoms with E-state index in [9.17, 15) is 4.39 Å². The number of benzene rings is 2. The minimum atomic E-state index is -0.526. The first-order chi connectivity index (χ1) is 8.49. The SMILES string of the molecule is NC(c1ccc(Cl)c(F)c1)c1ccc(Cl)cc1Cl. The number of hydrogen-bond acceptors (Lipinski definition) is 1. The van der Waals surface area contributed by atoms with Crippen molar-refractivity contribution in [2.45, 2.75) is 6.04 Å². The van der Waals surface area contributed by atoms with Crippen molar-refractivity contribution in [3.63, 3.8) is 0 Å². The summed E-state index contributed by atoms with van der Waals surface area (Å²) in [5, 5.41) is 1.04. The van der Waals surface area contributed by atoms with Crippen LogP contribution in [0, 0.1) is 5.82 Å². The van der Waals surface area contributed by atoms with Crippen molar-refractivity contribution in [2.75, 3.05) is 0 Å². The summed E-state index contributed by atoms with van der Waals surface area (Å²) < 4.78 is 13.4. The van der Waals surface area contributed by atoms with Crippen molar-refractivity contribution < 1.29 is 4.39 Å². The van der Waals surface area contributed by atoms with Crippen LogP contribution in [0.5, 0.6) is 0 Å². The predicted molar refractivity (Wildman–Crippen MR) is 73.9 cm³/mol. The van der Waals surface area contributed by atoms with Crippen LogP contribution < -0.4 is 5.73 Å². The van der Waals surface area contributed by atoms with Gasteiger partial charge in [-0.1, -0.05) is 46.9 Å². The highest BCUT2D eigenvalue weighted by molar-refractivity contribution is 6.35. The Morgan fingerprint density at radius 2 is 1.67 bits per heavy atom. The Labute approximate surface area is 119 Å². The summed E-state index contributed by atoms with van der Waals surface area (Å²) in [6.45, 7) is 0. The fourth-order valence-electron chi connectivity index (χ4n) is 1.64. The molecular formula is C13H9Cl3FN. The lowest BCUT2D eigenvalue weighted by atomic mass is 9.99. The third-order valence-electron chi connectivity index (χ3n) is 2.60. The first-order valence-electron chi connectivity index (χ1n) is 5.14. The summed E-state index contributed by atoms with van der Waals surface area (Å²) in [4.78, 5) is 0. The molecular weight excluding hydrogens is 296 g/mol. The maximum atomic E-state index is 13.4. The van der Waals surface area contributed by atoms with Crippen molar-refractivity contribution >= 4 is 34.8 Å². The van der Waals surface area contributed by atoms with E-state index in [1.165, 1.54) is 12.1 Å². The molecule has 0 amide bonds. The van der Waals surface area contributed by atoms with E-state index in [0.29, 0.717) is 21.2 Å². The molecule has 0 aliphatic rings. The molecule has 0 saturated carbocycles. The highest BCUT2D eigenvalue weighted by atomic mass is 35.5. The van der Waals surface area contributed by atoms with Crippen molar-refractivity contribution in [3.8, 4) is 0 Å². The second-order valence-corrected chi connectivity index (χ2v) is 5.07. The van der Waals surface area contributed by atoms with Crippen LogP contribution in [-0.2, 0) is 0 Å². The predicted octanol–water partition coefficient (Wildman–Crippen LogP) is 4.83. The first kappa shape index (κ1) is 13.6. The zero-order chi connectivity index (χ0) is 13.3. The molecule has 0 bridgehead atoms. The van der Waals surface area contributed by atoms with E-state index in [1.54, 1.807) is 24.3 Å². The smallest absolute Gasteiger partial charge is 0.142 e. The Morgan fingerprint density at radius 3 is 2.28 bits per heavy atom. The summed E-state index contributed by atoms with van der Waals surface area (Å²) in [5.41, 5.74) is 7.33. The molecule has 2 aromatic rings. The van der Waals surface area contributed by atoms with Crippen molar-refractivity contribution in [1.82, 2.24) is 0 Å². The van der Waals surface area contributed by atoms with Gasteiger partial charge < -0.3 is 5.73 Å². The van der Waals surface area contributed by atoms with E-state index >= 15 is 0 Å². The molecule has 0 fully saturated rings. The van der Waals surface area contributed by atoms with Gasteiger partial charge in [0.2, 0.25) is 0 Å². The van der Waals surface area contributed by atoms with Gasteiger partial charge in [0.05, 0.1) is 11.1 Å². The number of nitrogens with two attached hydrogens (primary N) is 1. The third-order valence-corrected chi connectivity index (χ3v) is 3.47. The van der Waals surface area contributed by atoms with Crippen LogP contribution in [-0.4, -0.2) is 0 Å². The summed E-state index contributed by atoms with van der Waals surface area (Å²) in [6, 6.07) is 8.93. The molecule has 0 aromatic heterocycles. The molecule has 2 aromatic carbocycles. The van der Waals surface area contributed by atoms with Crippen LogP contribution in [0.1, 0.15) is 17.2 Å². The lowest BCUT2D eigenvalue weighted by molar-refractivity contribution is 0.624. The van der Waals surface area contributed by atoms with E-state index in [0.717, 1.165) is 0 Å². The second kappa shape index (κ2) is 5.45. The highest BCUT2D eigenvalue weighted by Crippen LogP contribution is 2.30. The molecule has 0 heterocycles. The number of hydrogen-bond donors (Lipinski definition) is 1. The zero-order valence-corrected chi connectivity index (χ0v) is 11.4. The van der Waals surface area contributed by atoms with Gasteiger partial charge in [0.1, 0.15) is 5.82 Å². The fourth-order valence-corrected chi connectivity index (χ4v) is 2.28. The summed E-state index contributed by atoms with van der Waals surface area (Å²) >= 11 is 17.5. The van der Waals surface area contributed by atoms with Gasteiger partial charge in [-0.2, -0.15) is 0 Å². The minimum absolute atomic E-state index is 0.0631. The van der Waals surface area contributed by atoms with Gasteiger partial charge in [-0.25, -0.2) is 4.39 Å². The maximum Gasteiger partial charge on any atom is 0.142 e. The Morgan fingerprint density at radius 1 is 0.944 bits per heavy atom. The van der Waals surface area contributed by atoms with Crippen LogP contribution in [0.3, 0.4) is 0 Å². The van der Waals surface area contributed by atoms with Crippen LogP contribution in [0.4, 0.5) is 4.39 Å². The minimum Gasteiger partial charge on any atom is -0.320 e. The van der Waals surface area contributed by atoms with Crippen LogP contribution in [0.15, 0.2) is 36.4 Å². The van der Waals surface area contributed by atoms with E-state index in [1.807, 2.05) is 0 Å². The van der Waals surface area contributed by atoms with Gasteiger partial charge in [0.25, 0.3) is 0 Å². The lowest BCUT2D eigenvalue weighted by Crippen LogP contribution is -2.12. The van der Waals surface area contributed by atoms with Gasteiger partial charge in [-0.05, 0) is 35.4 Å². The molecule has 0 spiro atoms. The quantitative estimate of drug-likeness (QED) is 0.844. The van der Waals surface area contributed by atoms with Crippen LogP contribution >= 0.6 is 34.8 Å². The molecule has 2 rings (SSSR count). The largest absolute Gasteiger partial charge is 0.320 e. The third kappa shape index (κ3) is 2.78. The highest BCUT2D eigenvalue weighted by Gasteiger charge is 2.14. The monoisotopic (exact) mass is 303 g/mol. The molecule has 5 heteroatoms.